The number of fused-ring (bicyclic) bond motifs is 3. The average Bonchev–Trinajstić information content (AvgIpc) is 3.42. The monoisotopic (exact) mass is 438 g/mol. The minimum Gasteiger partial charge on any atom is -0.369 e. The molecule has 0 aliphatic heterocycles. The van der Waals surface area contributed by atoms with Crippen molar-refractivity contribution in [3.8, 4) is 11.1 Å². The van der Waals surface area contributed by atoms with E-state index in [1.807, 2.05) is 59.6 Å². The highest BCUT2D eigenvalue weighted by molar-refractivity contribution is 6.30. The molecule has 0 aliphatic carbocycles. The van der Waals surface area contributed by atoms with Gasteiger partial charge in [-0.15, -0.1) is 12.4 Å². The Morgan fingerprint density at radius 1 is 1.03 bits per heavy atom. The van der Waals surface area contributed by atoms with E-state index in [2.05, 4.69) is 32.1 Å². The Morgan fingerprint density at radius 2 is 1.87 bits per heavy atom. The molecule has 152 valence electrons. The SMILES string of the molecule is Cl.Clc1ccc(-c2cnn3c2nc(NCCCn2ccnc2)c2ccccc23)cc1. The Kier molecular flexibility index (Phi) is 5.88. The normalized spacial score (nSPS) is 11.0. The van der Waals surface area contributed by atoms with E-state index in [1.165, 1.54) is 0 Å². The minimum atomic E-state index is 0. The number of imidazole rings is 1. The Bertz CT molecular complexity index is 1260. The zero-order valence-electron chi connectivity index (χ0n) is 16.1. The molecule has 5 aromatic rings. The fraction of sp³-hybridized carbons (Fsp3) is 0.136. The molecule has 0 spiro atoms. The van der Waals surface area contributed by atoms with Crippen molar-refractivity contribution < 1.29 is 0 Å². The molecule has 1 N–H and O–H groups in total. The average molecular weight is 439 g/mol. The van der Waals surface area contributed by atoms with E-state index < -0.39 is 0 Å². The van der Waals surface area contributed by atoms with Gasteiger partial charge in [-0.1, -0.05) is 35.9 Å². The minimum absolute atomic E-state index is 0. The molecule has 5 rings (SSSR count). The topological polar surface area (TPSA) is 60.0 Å². The van der Waals surface area contributed by atoms with Crippen LogP contribution in [0.2, 0.25) is 5.02 Å². The first-order valence-corrected chi connectivity index (χ1v) is 9.89. The second kappa shape index (κ2) is 8.73. The number of rotatable bonds is 6. The summed E-state index contributed by atoms with van der Waals surface area (Å²) in [6, 6.07) is 15.9. The molecule has 0 saturated carbocycles. The van der Waals surface area contributed by atoms with Gasteiger partial charge in [0.15, 0.2) is 5.65 Å². The van der Waals surface area contributed by atoms with Gasteiger partial charge in [0, 0.05) is 41.5 Å². The summed E-state index contributed by atoms with van der Waals surface area (Å²) in [5.74, 6) is 0.870. The standard InChI is InChI=1S/C22H19ClN6.ClH/c23-17-8-6-16(7-9-17)19-14-26-29-20-5-2-1-4-18(20)21(27-22(19)29)25-10-3-12-28-13-11-24-15-28;/h1-2,4-9,11,13-15H,3,10,12H2,(H,25,27);1H. The van der Waals surface area contributed by atoms with Gasteiger partial charge in [-0.3, -0.25) is 0 Å². The van der Waals surface area contributed by atoms with Crippen LogP contribution in [0.1, 0.15) is 6.42 Å². The van der Waals surface area contributed by atoms with Crippen molar-refractivity contribution in [3.63, 3.8) is 0 Å². The van der Waals surface area contributed by atoms with Gasteiger partial charge < -0.3 is 9.88 Å². The maximum atomic E-state index is 6.05. The molecule has 0 unspecified atom stereocenters. The first-order chi connectivity index (χ1) is 14.3. The molecular formula is C22H20Cl2N6. The van der Waals surface area contributed by atoms with Crippen LogP contribution in [0.25, 0.3) is 27.7 Å². The Labute approximate surface area is 184 Å². The van der Waals surface area contributed by atoms with E-state index in [1.54, 1.807) is 6.20 Å². The van der Waals surface area contributed by atoms with E-state index >= 15 is 0 Å². The first-order valence-electron chi connectivity index (χ1n) is 9.51. The number of hydrogen-bond donors (Lipinski definition) is 1. The highest BCUT2D eigenvalue weighted by Crippen LogP contribution is 2.30. The zero-order chi connectivity index (χ0) is 19.6. The molecule has 0 bridgehead atoms. The lowest BCUT2D eigenvalue weighted by molar-refractivity contribution is 0.660. The second-order valence-electron chi connectivity index (χ2n) is 6.86. The van der Waals surface area contributed by atoms with E-state index in [0.29, 0.717) is 5.02 Å². The third kappa shape index (κ3) is 3.84. The molecule has 2 aromatic carbocycles. The highest BCUT2D eigenvalue weighted by atomic mass is 35.5. The quantitative estimate of drug-likeness (QED) is 0.364. The molecular weight excluding hydrogens is 419 g/mol. The molecule has 0 amide bonds. The molecule has 8 heteroatoms. The van der Waals surface area contributed by atoms with Gasteiger partial charge in [0.05, 0.1) is 18.0 Å². The summed E-state index contributed by atoms with van der Waals surface area (Å²) >= 11 is 6.05. The zero-order valence-corrected chi connectivity index (χ0v) is 17.6. The third-order valence-electron chi connectivity index (χ3n) is 4.95. The van der Waals surface area contributed by atoms with Crippen LogP contribution < -0.4 is 5.32 Å². The van der Waals surface area contributed by atoms with E-state index in [9.17, 15) is 0 Å². The summed E-state index contributed by atoms with van der Waals surface area (Å²) in [5, 5.41) is 9.87. The summed E-state index contributed by atoms with van der Waals surface area (Å²) in [6.07, 6.45) is 8.45. The lowest BCUT2D eigenvalue weighted by atomic mass is 10.1. The van der Waals surface area contributed by atoms with Crippen LogP contribution in [0, 0.1) is 0 Å². The van der Waals surface area contributed by atoms with Crippen LogP contribution in [-0.2, 0) is 6.54 Å². The molecule has 3 aromatic heterocycles. The summed E-state index contributed by atoms with van der Waals surface area (Å²) in [4.78, 5) is 9.02. The van der Waals surface area contributed by atoms with Gasteiger partial charge in [-0.25, -0.2) is 14.5 Å². The number of aryl methyl sites for hydroxylation is 1. The number of para-hydroxylation sites is 1. The molecule has 3 heterocycles. The van der Waals surface area contributed by atoms with Crippen molar-refractivity contribution in [1.82, 2.24) is 24.1 Å². The van der Waals surface area contributed by atoms with Crippen LogP contribution in [0.3, 0.4) is 0 Å². The predicted octanol–water partition coefficient (Wildman–Crippen LogP) is 5.32. The predicted molar refractivity (Wildman–Crippen MR) is 124 cm³/mol. The lowest BCUT2D eigenvalue weighted by Crippen LogP contribution is -2.08. The van der Waals surface area contributed by atoms with E-state index in [-0.39, 0.29) is 12.4 Å². The molecule has 0 radical (unpaired) electrons. The molecule has 0 atom stereocenters. The molecule has 6 nitrogen and oxygen atoms in total. The third-order valence-corrected chi connectivity index (χ3v) is 5.20. The van der Waals surface area contributed by atoms with Gasteiger partial charge in [0.1, 0.15) is 5.82 Å². The summed E-state index contributed by atoms with van der Waals surface area (Å²) < 4.78 is 3.97. The van der Waals surface area contributed by atoms with Gasteiger partial charge in [-0.05, 0) is 36.2 Å². The van der Waals surface area contributed by atoms with E-state index in [4.69, 9.17) is 16.6 Å². The summed E-state index contributed by atoms with van der Waals surface area (Å²) in [6.45, 7) is 1.73. The van der Waals surface area contributed by atoms with Gasteiger partial charge in [-0.2, -0.15) is 5.10 Å². The maximum absolute atomic E-state index is 6.05. The van der Waals surface area contributed by atoms with Gasteiger partial charge in [0.2, 0.25) is 0 Å². The number of hydrogen-bond acceptors (Lipinski definition) is 4. The number of benzene rings is 2. The fourth-order valence-corrected chi connectivity index (χ4v) is 3.63. The van der Waals surface area contributed by atoms with Crippen LogP contribution >= 0.6 is 24.0 Å². The van der Waals surface area contributed by atoms with Crippen LogP contribution in [0.15, 0.2) is 73.4 Å². The number of nitrogens with zero attached hydrogens (tertiary/aromatic N) is 5. The van der Waals surface area contributed by atoms with E-state index in [0.717, 1.165) is 53.0 Å². The van der Waals surface area contributed by atoms with Crippen molar-refractivity contribution in [3.05, 3.63) is 78.5 Å². The second-order valence-corrected chi connectivity index (χ2v) is 7.30. The number of anilines is 1. The van der Waals surface area contributed by atoms with Gasteiger partial charge in [0.25, 0.3) is 0 Å². The Balaban J connectivity index is 0.00000218. The summed E-state index contributed by atoms with van der Waals surface area (Å²) in [7, 11) is 0. The Morgan fingerprint density at radius 3 is 2.67 bits per heavy atom. The molecule has 0 saturated heterocycles. The van der Waals surface area contributed by atoms with Crippen molar-refractivity contribution in [2.24, 2.45) is 0 Å². The van der Waals surface area contributed by atoms with Crippen molar-refractivity contribution >= 4 is 46.4 Å². The highest BCUT2D eigenvalue weighted by Gasteiger charge is 2.14. The maximum Gasteiger partial charge on any atom is 0.165 e. The Hall–Kier alpha value is -3.09. The van der Waals surface area contributed by atoms with Crippen molar-refractivity contribution in [2.45, 2.75) is 13.0 Å². The molecule has 0 aliphatic rings. The van der Waals surface area contributed by atoms with Crippen LogP contribution in [-0.4, -0.2) is 30.7 Å². The van der Waals surface area contributed by atoms with Crippen LogP contribution in [0.4, 0.5) is 5.82 Å². The van der Waals surface area contributed by atoms with Crippen molar-refractivity contribution in [1.29, 1.82) is 0 Å². The summed E-state index contributed by atoms with van der Waals surface area (Å²) in [5.41, 5.74) is 3.87. The molecule has 30 heavy (non-hydrogen) atoms. The smallest absolute Gasteiger partial charge is 0.165 e. The molecule has 0 fully saturated rings. The number of aromatic nitrogens is 5. The van der Waals surface area contributed by atoms with Crippen molar-refractivity contribution in [2.75, 3.05) is 11.9 Å². The largest absolute Gasteiger partial charge is 0.369 e. The van der Waals surface area contributed by atoms with Crippen LogP contribution in [0.5, 0.6) is 0 Å². The number of nitrogens with one attached hydrogen (secondary N) is 1. The fourth-order valence-electron chi connectivity index (χ4n) is 3.51. The lowest BCUT2D eigenvalue weighted by Gasteiger charge is -2.11. The van der Waals surface area contributed by atoms with Gasteiger partial charge >= 0.3 is 0 Å². The number of halogens is 2. The first kappa shape index (κ1) is 20.2.